The van der Waals surface area contributed by atoms with Gasteiger partial charge in [-0.1, -0.05) is 21.6 Å². The van der Waals surface area contributed by atoms with E-state index in [1.54, 1.807) is 24.3 Å². The molecular weight excluding hydrogens is 504 g/mol. The zero-order valence-corrected chi connectivity index (χ0v) is 20.1. The number of aromatic nitrogens is 4. The Balaban J connectivity index is 1.61. The Morgan fingerprint density at radius 1 is 0.694 bits per heavy atom. The molecule has 0 aliphatic heterocycles. The van der Waals surface area contributed by atoms with Gasteiger partial charge < -0.3 is 22.1 Å². The summed E-state index contributed by atoms with van der Waals surface area (Å²) in [4.78, 5) is 65.3. The van der Waals surface area contributed by atoms with E-state index in [4.69, 9.17) is 11.5 Å². The first-order valence-corrected chi connectivity index (χ1v) is 12.4. The van der Waals surface area contributed by atoms with E-state index in [-0.39, 0.29) is 13.1 Å². The molecule has 6 N–H and O–H groups in total. The summed E-state index contributed by atoms with van der Waals surface area (Å²) in [6, 6.07) is 6.73. The molecule has 0 fully saturated rings. The van der Waals surface area contributed by atoms with Crippen LogP contribution in [0.5, 0.6) is 0 Å². The first-order chi connectivity index (χ1) is 17.3. The summed E-state index contributed by atoms with van der Waals surface area (Å²) in [6.45, 7) is -0.572. The van der Waals surface area contributed by atoms with Gasteiger partial charge in [0.05, 0.1) is 35.2 Å². The molecule has 4 aromatic rings. The topological polar surface area (TPSA) is 196 Å². The molecule has 2 aromatic heterocycles. The number of benzene rings is 2. The molecule has 0 unspecified atom stereocenters. The maximum Gasteiger partial charge on any atom is 0.252 e. The molecule has 0 saturated heterocycles. The van der Waals surface area contributed by atoms with Gasteiger partial charge in [0.15, 0.2) is 0 Å². The second-order valence-electron chi connectivity index (χ2n) is 7.26. The van der Waals surface area contributed by atoms with Crippen molar-refractivity contribution in [2.24, 2.45) is 11.5 Å². The molecule has 0 radical (unpaired) electrons. The van der Waals surface area contributed by atoms with Crippen LogP contribution in [0.25, 0.3) is 21.8 Å². The van der Waals surface area contributed by atoms with E-state index in [2.05, 4.69) is 30.6 Å². The number of amides is 4. The number of fused-ring (bicyclic) bond motifs is 2. The van der Waals surface area contributed by atoms with Crippen molar-refractivity contribution >= 4 is 67.0 Å². The summed E-state index contributed by atoms with van der Waals surface area (Å²) >= 11 is 0. The Kier molecular flexibility index (Phi) is 7.56. The number of carbonyl (C=O) groups is 4. The summed E-state index contributed by atoms with van der Waals surface area (Å²) in [5.41, 5.74) is 11.9. The van der Waals surface area contributed by atoms with E-state index in [9.17, 15) is 19.2 Å². The molecule has 0 aliphatic rings. The molecule has 0 aliphatic carbocycles. The van der Waals surface area contributed by atoms with E-state index in [1.165, 1.54) is 46.6 Å². The van der Waals surface area contributed by atoms with Crippen molar-refractivity contribution in [3.63, 3.8) is 0 Å². The number of hydrogen-bond acceptors (Lipinski definition) is 10. The van der Waals surface area contributed by atoms with E-state index in [1.807, 2.05) is 0 Å². The van der Waals surface area contributed by atoms with Crippen molar-refractivity contribution in [2.75, 3.05) is 13.1 Å². The second kappa shape index (κ2) is 11.0. The Morgan fingerprint density at radius 3 is 1.50 bits per heavy atom. The number of primary amides is 2. The lowest BCUT2D eigenvalue weighted by Crippen LogP contribution is -2.33. The quantitative estimate of drug-likeness (QED) is 0.228. The third-order valence-electron chi connectivity index (χ3n) is 4.83. The van der Waals surface area contributed by atoms with Crippen molar-refractivity contribution in [3.8, 4) is 0 Å². The van der Waals surface area contributed by atoms with Crippen LogP contribution in [0.1, 0.15) is 20.7 Å². The lowest BCUT2D eigenvalue weighted by atomic mass is 10.1. The van der Waals surface area contributed by atoms with Gasteiger partial charge in [-0.2, -0.15) is 0 Å². The van der Waals surface area contributed by atoms with Gasteiger partial charge in [-0.05, 0) is 24.3 Å². The summed E-state index contributed by atoms with van der Waals surface area (Å²) in [5, 5.41) is 5.95. The molecule has 14 heteroatoms. The maximum atomic E-state index is 12.5. The second-order valence-corrected chi connectivity index (χ2v) is 9.47. The molecule has 4 rings (SSSR count). The first kappa shape index (κ1) is 24.8. The zero-order valence-electron chi connectivity index (χ0n) is 18.4. The third kappa shape index (κ3) is 5.50. The highest BCUT2D eigenvalue weighted by atomic mass is 33.1. The van der Waals surface area contributed by atoms with E-state index >= 15 is 0 Å². The number of nitrogens with zero attached hydrogens (tertiary/aromatic N) is 4. The van der Waals surface area contributed by atoms with Crippen LogP contribution in [0.15, 0.2) is 59.1 Å². The van der Waals surface area contributed by atoms with Crippen molar-refractivity contribution < 1.29 is 19.2 Å². The fraction of sp³-hybridized carbons (Fsp3) is 0.0909. The fourth-order valence-electron chi connectivity index (χ4n) is 3.25. The zero-order chi connectivity index (χ0) is 25.7. The summed E-state index contributed by atoms with van der Waals surface area (Å²) in [7, 11) is 2.77. The predicted octanol–water partition coefficient (Wildman–Crippen LogP) is 0.803. The minimum atomic E-state index is -0.653. The molecular formula is C22H18N8O4S2. The molecule has 36 heavy (non-hydrogen) atoms. The van der Waals surface area contributed by atoms with Crippen LogP contribution >= 0.6 is 21.6 Å². The molecule has 2 aromatic carbocycles. The minimum absolute atomic E-state index is 0.286. The number of nitrogens with two attached hydrogens (primary N) is 2. The van der Waals surface area contributed by atoms with Gasteiger partial charge in [0, 0.05) is 33.0 Å². The molecule has 0 spiro atoms. The van der Waals surface area contributed by atoms with Gasteiger partial charge in [-0.15, -0.1) is 0 Å². The molecule has 2 heterocycles. The summed E-state index contributed by atoms with van der Waals surface area (Å²) in [5.74, 6) is -2.24. The van der Waals surface area contributed by atoms with E-state index in [0.29, 0.717) is 32.9 Å². The molecule has 12 nitrogen and oxygen atoms in total. The van der Waals surface area contributed by atoms with Crippen LogP contribution in [0.3, 0.4) is 0 Å². The molecule has 4 amide bonds. The molecule has 182 valence electrons. The SMILES string of the molecule is NC(=O)CNC(=O)c1ccc(SSc2ccc(C(=O)NCC(N)=O)c3cncnc23)c2ncncc12. The van der Waals surface area contributed by atoms with Gasteiger partial charge in [0.2, 0.25) is 11.8 Å². The average Bonchev–Trinajstić information content (AvgIpc) is 2.88. The van der Waals surface area contributed by atoms with Crippen molar-refractivity contribution in [1.29, 1.82) is 0 Å². The highest BCUT2D eigenvalue weighted by molar-refractivity contribution is 8.76. The van der Waals surface area contributed by atoms with E-state index < -0.39 is 23.6 Å². The largest absolute Gasteiger partial charge is 0.368 e. The van der Waals surface area contributed by atoms with Crippen LogP contribution in [-0.2, 0) is 9.59 Å². The molecule has 0 bridgehead atoms. The van der Waals surface area contributed by atoms with Gasteiger partial charge in [-0.3, -0.25) is 19.2 Å². The van der Waals surface area contributed by atoms with Crippen LogP contribution < -0.4 is 22.1 Å². The normalized spacial score (nSPS) is 10.8. The summed E-state index contributed by atoms with van der Waals surface area (Å²) < 4.78 is 0. The van der Waals surface area contributed by atoms with Crippen LogP contribution in [0.4, 0.5) is 0 Å². The standard InChI is InChI=1S/C22H18N8O4S2/c23-17(31)7-27-21(33)11-1-3-15(19-13(11)5-25-9-29-19)35-36-16-4-2-12(22(34)28-8-18(24)32)14-6-26-10-30-20(14)16/h1-6,9-10H,7-8H2,(H2,23,31)(H2,24,32)(H,27,33)(H,28,34). The number of hydrogen-bond donors (Lipinski definition) is 4. The predicted molar refractivity (Wildman–Crippen MR) is 134 cm³/mol. The summed E-state index contributed by atoms with van der Waals surface area (Å²) in [6.07, 6.45) is 5.81. The van der Waals surface area contributed by atoms with Crippen LogP contribution in [0, 0.1) is 0 Å². The third-order valence-corrected chi connectivity index (χ3v) is 7.26. The highest BCUT2D eigenvalue weighted by Gasteiger charge is 2.17. The van der Waals surface area contributed by atoms with Crippen molar-refractivity contribution in [1.82, 2.24) is 30.6 Å². The fourth-order valence-corrected chi connectivity index (χ4v) is 5.50. The Morgan fingerprint density at radius 2 is 1.11 bits per heavy atom. The monoisotopic (exact) mass is 522 g/mol. The molecule has 0 saturated carbocycles. The first-order valence-electron chi connectivity index (χ1n) is 10.3. The lowest BCUT2D eigenvalue weighted by molar-refractivity contribution is -0.117. The number of nitrogens with one attached hydrogen (secondary N) is 2. The Bertz CT molecular complexity index is 1400. The number of carbonyl (C=O) groups excluding carboxylic acids is 4. The van der Waals surface area contributed by atoms with Gasteiger partial charge in [0.25, 0.3) is 11.8 Å². The maximum absolute atomic E-state index is 12.5. The van der Waals surface area contributed by atoms with Crippen molar-refractivity contribution in [2.45, 2.75) is 9.79 Å². The molecule has 0 atom stereocenters. The Hall–Kier alpha value is -4.30. The average molecular weight is 523 g/mol. The highest BCUT2D eigenvalue weighted by Crippen LogP contribution is 2.43. The number of rotatable bonds is 9. The minimum Gasteiger partial charge on any atom is -0.368 e. The lowest BCUT2D eigenvalue weighted by Gasteiger charge is -2.11. The van der Waals surface area contributed by atoms with E-state index in [0.717, 1.165) is 9.79 Å². The van der Waals surface area contributed by atoms with Crippen LogP contribution in [-0.4, -0.2) is 56.7 Å². The van der Waals surface area contributed by atoms with Gasteiger partial charge in [0.1, 0.15) is 12.7 Å². The van der Waals surface area contributed by atoms with Crippen molar-refractivity contribution in [3.05, 3.63) is 60.4 Å². The van der Waals surface area contributed by atoms with Gasteiger partial charge in [-0.25, -0.2) is 19.9 Å². The van der Waals surface area contributed by atoms with Crippen LogP contribution in [0.2, 0.25) is 0 Å². The van der Waals surface area contributed by atoms with Gasteiger partial charge >= 0.3 is 0 Å². The smallest absolute Gasteiger partial charge is 0.252 e. The Labute approximate surface area is 211 Å².